The monoisotopic (exact) mass is 555 g/mol. The number of carbonyl (C=O) groups excluding carboxylic acids is 2. The fourth-order valence-electron chi connectivity index (χ4n) is 2.81. The van der Waals surface area contributed by atoms with Crippen LogP contribution >= 0.6 is 43.2 Å². The molecule has 1 aromatic heterocycles. The van der Waals surface area contributed by atoms with Crippen molar-refractivity contribution in [3.8, 4) is 0 Å². The molecule has 0 spiro atoms. The van der Waals surface area contributed by atoms with E-state index in [2.05, 4.69) is 41.9 Å². The third-order valence-corrected chi connectivity index (χ3v) is 6.46. The van der Waals surface area contributed by atoms with Gasteiger partial charge in [0.15, 0.2) is 5.78 Å². The molecule has 1 amide bonds. The van der Waals surface area contributed by atoms with Crippen molar-refractivity contribution in [3.63, 3.8) is 0 Å². The van der Waals surface area contributed by atoms with Gasteiger partial charge in [-0.05, 0) is 55.0 Å². The number of halogens is 2. The normalized spacial score (nSPS) is 11.2. The lowest BCUT2D eigenvalue weighted by molar-refractivity contribution is 0.0983. The number of fused-ring (bicyclic) bond motifs is 1. The highest BCUT2D eigenvalue weighted by atomic mass is 79.9. The van der Waals surface area contributed by atoms with Crippen molar-refractivity contribution < 1.29 is 9.59 Å². The second kappa shape index (κ2) is 9.21. The SMILES string of the molecule is CC(=O)c1ccc(C(=O)N(/N=C/c2ccc(Br)cc2)c2nc3ccc(Br)cc3s2)cc1. The molecule has 0 saturated carbocycles. The van der Waals surface area contributed by atoms with Gasteiger partial charge in [-0.25, -0.2) is 4.98 Å². The van der Waals surface area contributed by atoms with E-state index in [1.807, 2.05) is 42.5 Å². The molecule has 8 heteroatoms. The van der Waals surface area contributed by atoms with E-state index in [0.717, 1.165) is 24.7 Å². The summed E-state index contributed by atoms with van der Waals surface area (Å²) in [5.41, 5.74) is 2.59. The largest absolute Gasteiger partial charge is 0.295 e. The number of aromatic nitrogens is 1. The molecule has 1 heterocycles. The zero-order chi connectivity index (χ0) is 22.0. The maximum atomic E-state index is 13.3. The average molecular weight is 557 g/mol. The van der Waals surface area contributed by atoms with Gasteiger partial charge in [-0.1, -0.05) is 67.5 Å². The zero-order valence-electron chi connectivity index (χ0n) is 16.3. The number of hydrogen-bond acceptors (Lipinski definition) is 5. The molecule has 4 rings (SSSR count). The summed E-state index contributed by atoms with van der Waals surface area (Å²) < 4.78 is 2.83. The molecular formula is C23H15Br2N3O2S. The first-order valence-electron chi connectivity index (χ1n) is 9.22. The van der Waals surface area contributed by atoms with Gasteiger partial charge in [0.2, 0.25) is 5.13 Å². The zero-order valence-corrected chi connectivity index (χ0v) is 20.2. The van der Waals surface area contributed by atoms with Crippen LogP contribution < -0.4 is 5.01 Å². The molecule has 0 saturated heterocycles. The summed E-state index contributed by atoms with van der Waals surface area (Å²) in [6.07, 6.45) is 1.62. The predicted molar refractivity (Wildman–Crippen MR) is 132 cm³/mol. The van der Waals surface area contributed by atoms with Crippen LogP contribution in [0.4, 0.5) is 5.13 Å². The number of hydrogen-bond donors (Lipinski definition) is 0. The Morgan fingerprint density at radius 3 is 2.26 bits per heavy atom. The molecule has 0 fully saturated rings. The molecule has 0 aliphatic carbocycles. The lowest BCUT2D eigenvalue weighted by Crippen LogP contribution is -2.25. The number of amides is 1. The summed E-state index contributed by atoms with van der Waals surface area (Å²) >= 11 is 8.26. The topological polar surface area (TPSA) is 62.6 Å². The lowest BCUT2D eigenvalue weighted by atomic mass is 10.1. The van der Waals surface area contributed by atoms with E-state index >= 15 is 0 Å². The summed E-state index contributed by atoms with van der Waals surface area (Å²) in [4.78, 5) is 29.5. The number of Topliss-reactive ketones (excluding diaryl/α,β-unsaturated/α-hetero) is 1. The van der Waals surface area contributed by atoms with Crippen LogP contribution in [-0.4, -0.2) is 22.9 Å². The van der Waals surface area contributed by atoms with Crippen molar-refractivity contribution in [2.45, 2.75) is 6.92 Å². The fraction of sp³-hybridized carbons (Fsp3) is 0.0435. The van der Waals surface area contributed by atoms with E-state index in [4.69, 9.17) is 0 Å². The standard InChI is InChI=1S/C23H15Br2N3O2S/c1-14(29)16-4-6-17(7-5-16)22(30)28(26-13-15-2-8-18(24)9-3-15)23-27-20-11-10-19(25)12-21(20)31-23/h2-13H,1H3/b26-13+. The number of ketones is 1. The number of carbonyl (C=O) groups is 2. The molecule has 31 heavy (non-hydrogen) atoms. The maximum absolute atomic E-state index is 13.3. The summed E-state index contributed by atoms with van der Waals surface area (Å²) in [5, 5.41) is 6.21. The second-order valence-corrected chi connectivity index (χ2v) is 9.50. The Morgan fingerprint density at radius 1 is 0.935 bits per heavy atom. The van der Waals surface area contributed by atoms with Gasteiger partial charge in [-0.2, -0.15) is 10.1 Å². The van der Waals surface area contributed by atoms with Crippen LogP contribution in [-0.2, 0) is 0 Å². The van der Waals surface area contributed by atoms with Gasteiger partial charge in [0.1, 0.15) is 0 Å². The molecule has 0 bridgehead atoms. The Labute approximate surface area is 199 Å². The highest BCUT2D eigenvalue weighted by Gasteiger charge is 2.21. The van der Waals surface area contributed by atoms with Gasteiger partial charge in [-0.3, -0.25) is 9.59 Å². The third-order valence-electron chi connectivity index (χ3n) is 4.44. The van der Waals surface area contributed by atoms with E-state index in [-0.39, 0.29) is 11.7 Å². The molecule has 0 atom stereocenters. The summed E-state index contributed by atoms with van der Waals surface area (Å²) in [7, 11) is 0. The number of rotatable bonds is 5. The van der Waals surface area contributed by atoms with Gasteiger partial charge in [0.25, 0.3) is 5.91 Å². The Kier molecular flexibility index (Phi) is 6.41. The number of benzene rings is 3. The Balaban J connectivity index is 1.74. The van der Waals surface area contributed by atoms with E-state index in [1.165, 1.54) is 23.3 Å². The van der Waals surface area contributed by atoms with Crippen molar-refractivity contribution in [2.75, 3.05) is 5.01 Å². The molecule has 0 radical (unpaired) electrons. The molecule has 0 unspecified atom stereocenters. The molecule has 3 aromatic carbocycles. The van der Waals surface area contributed by atoms with E-state index in [0.29, 0.717) is 16.3 Å². The van der Waals surface area contributed by atoms with Gasteiger partial charge in [-0.15, -0.1) is 0 Å². The van der Waals surface area contributed by atoms with Crippen LogP contribution in [0.25, 0.3) is 10.2 Å². The van der Waals surface area contributed by atoms with Crippen molar-refractivity contribution in [3.05, 3.63) is 92.4 Å². The smallest absolute Gasteiger partial charge is 0.280 e. The van der Waals surface area contributed by atoms with Crippen molar-refractivity contribution in [1.82, 2.24) is 4.98 Å². The van der Waals surface area contributed by atoms with Gasteiger partial charge in [0.05, 0.1) is 16.4 Å². The fourth-order valence-corrected chi connectivity index (χ4v) is 4.55. The molecule has 4 aromatic rings. The minimum atomic E-state index is -0.332. The van der Waals surface area contributed by atoms with Gasteiger partial charge in [0, 0.05) is 20.1 Å². The predicted octanol–water partition coefficient (Wildman–Crippen LogP) is 6.70. The first-order valence-corrected chi connectivity index (χ1v) is 11.6. The molecule has 0 aliphatic heterocycles. The Morgan fingerprint density at radius 2 is 1.58 bits per heavy atom. The van der Waals surface area contributed by atoms with Crippen molar-refractivity contribution >= 4 is 76.4 Å². The lowest BCUT2D eigenvalue weighted by Gasteiger charge is -2.14. The first kappa shape index (κ1) is 21.5. The van der Waals surface area contributed by atoms with Gasteiger partial charge < -0.3 is 0 Å². The van der Waals surface area contributed by atoms with E-state index < -0.39 is 0 Å². The number of nitrogens with zero attached hydrogens (tertiary/aromatic N) is 3. The van der Waals surface area contributed by atoms with Crippen LogP contribution in [0.2, 0.25) is 0 Å². The first-order chi connectivity index (χ1) is 14.9. The number of anilines is 1. The highest BCUT2D eigenvalue weighted by Crippen LogP contribution is 2.32. The number of hydrazone groups is 1. The van der Waals surface area contributed by atoms with Crippen LogP contribution in [0.15, 0.2) is 80.8 Å². The Hall–Kier alpha value is -2.68. The van der Waals surface area contributed by atoms with Crippen molar-refractivity contribution in [2.24, 2.45) is 5.10 Å². The van der Waals surface area contributed by atoms with Crippen LogP contribution in [0.1, 0.15) is 33.2 Å². The quantitative estimate of drug-likeness (QED) is 0.156. The Bertz CT molecular complexity index is 1300. The molecule has 5 nitrogen and oxygen atoms in total. The molecule has 0 N–H and O–H groups in total. The van der Waals surface area contributed by atoms with E-state index in [1.54, 1.807) is 30.5 Å². The minimum Gasteiger partial charge on any atom is -0.295 e. The minimum absolute atomic E-state index is 0.0548. The highest BCUT2D eigenvalue weighted by molar-refractivity contribution is 9.10. The van der Waals surface area contributed by atoms with Crippen LogP contribution in [0.3, 0.4) is 0 Å². The molecule has 154 valence electrons. The maximum Gasteiger partial charge on any atom is 0.280 e. The number of thiazole rings is 1. The summed E-state index contributed by atoms with van der Waals surface area (Å²) in [6.45, 7) is 1.49. The second-order valence-electron chi connectivity index (χ2n) is 6.66. The summed E-state index contributed by atoms with van der Waals surface area (Å²) in [5.74, 6) is -0.387. The average Bonchev–Trinajstić information content (AvgIpc) is 3.17. The third kappa shape index (κ3) is 4.98. The van der Waals surface area contributed by atoms with Crippen LogP contribution in [0, 0.1) is 0 Å². The molecule has 0 aliphatic rings. The molecular weight excluding hydrogens is 542 g/mol. The van der Waals surface area contributed by atoms with Gasteiger partial charge >= 0.3 is 0 Å². The van der Waals surface area contributed by atoms with E-state index in [9.17, 15) is 9.59 Å². The van der Waals surface area contributed by atoms with Crippen LogP contribution in [0.5, 0.6) is 0 Å². The summed E-state index contributed by atoms with van der Waals surface area (Å²) in [6, 6.07) is 19.9. The van der Waals surface area contributed by atoms with Crippen molar-refractivity contribution in [1.29, 1.82) is 0 Å².